The van der Waals surface area contributed by atoms with Crippen molar-refractivity contribution in [3.8, 4) is 0 Å². The van der Waals surface area contributed by atoms with Gasteiger partial charge in [0.1, 0.15) is 0 Å². The van der Waals surface area contributed by atoms with Crippen molar-refractivity contribution < 1.29 is 0 Å². The smallest absolute Gasteiger partial charge is 0.0541 e. The summed E-state index contributed by atoms with van der Waals surface area (Å²) in [7, 11) is 0. The highest BCUT2D eigenvalue weighted by Gasteiger charge is 2.16. The van der Waals surface area contributed by atoms with Crippen LogP contribution in [-0.2, 0) is 6.54 Å². The molecular formula is C14H21N3. The minimum absolute atomic E-state index is 0.882. The van der Waals surface area contributed by atoms with Gasteiger partial charge in [0, 0.05) is 6.54 Å². The van der Waals surface area contributed by atoms with Gasteiger partial charge in [-0.05, 0) is 43.0 Å². The van der Waals surface area contributed by atoms with Crippen LogP contribution in [0.5, 0.6) is 0 Å². The molecule has 0 saturated carbocycles. The fourth-order valence-corrected chi connectivity index (χ4v) is 2.35. The van der Waals surface area contributed by atoms with Gasteiger partial charge < -0.3 is 5.84 Å². The first-order chi connectivity index (χ1) is 8.29. The monoisotopic (exact) mass is 231 g/mol. The molecule has 1 aliphatic heterocycles. The summed E-state index contributed by atoms with van der Waals surface area (Å²) in [4.78, 5) is 2.52. The molecule has 0 atom stereocenters. The van der Waals surface area contributed by atoms with Gasteiger partial charge >= 0.3 is 0 Å². The summed E-state index contributed by atoms with van der Waals surface area (Å²) in [5, 5.41) is 3.63. The molecule has 1 heterocycles. The van der Waals surface area contributed by atoms with E-state index in [0.29, 0.717) is 0 Å². The predicted octanol–water partition coefficient (Wildman–Crippen LogP) is 2.21. The van der Waals surface area contributed by atoms with Crippen LogP contribution < -0.4 is 5.84 Å². The van der Waals surface area contributed by atoms with Crippen molar-refractivity contribution >= 4 is 6.21 Å². The van der Waals surface area contributed by atoms with Crippen molar-refractivity contribution in [2.75, 3.05) is 13.1 Å². The standard InChI is InChI=1S/C14H21N3/c1-12-6-8-17(9-7-12)11-14-5-3-2-4-13(14)10-16-15/h2-5,10,12H,6-9,11,15H2,1H3. The van der Waals surface area contributed by atoms with Crippen LogP contribution >= 0.6 is 0 Å². The summed E-state index contributed by atoms with van der Waals surface area (Å²) in [6.45, 7) is 5.76. The van der Waals surface area contributed by atoms with E-state index in [1.54, 1.807) is 6.21 Å². The van der Waals surface area contributed by atoms with E-state index >= 15 is 0 Å². The Labute approximate surface area is 103 Å². The van der Waals surface area contributed by atoms with Crippen molar-refractivity contribution in [1.82, 2.24) is 4.90 Å². The molecule has 1 aromatic rings. The van der Waals surface area contributed by atoms with Crippen molar-refractivity contribution in [2.45, 2.75) is 26.3 Å². The zero-order valence-corrected chi connectivity index (χ0v) is 10.5. The second kappa shape index (κ2) is 5.82. The Bertz CT molecular complexity index is 379. The van der Waals surface area contributed by atoms with Gasteiger partial charge in [-0.1, -0.05) is 31.2 Å². The molecule has 1 aromatic carbocycles. The highest BCUT2D eigenvalue weighted by molar-refractivity contribution is 5.81. The molecule has 0 spiro atoms. The predicted molar refractivity (Wildman–Crippen MR) is 71.9 cm³/mol. The number of hydrogen-bond acceptors (Lipinski definition) is 3. The first-order valence-electron chi connectivity index (χ1n) is 6.33. The second-order valence-electron chi connectivity index (χ2n) is 4.94. The Balaban J connectivity index is 2.03. The molecule has 2 rings (SSSR count). The number of benzene rings is 1. The lowest BCUT2D eigenvalue weighted by Crippen LogP contribution is -2.32. The lowest BCUT2D eigenvalue weighted by Gasteiger charge is -2.30. The zero-order valence-electron chi connectivity index (χ0n) is 10.5. The summed E-state index contributed by atoms with van der Waals surface area (Å²) in [6, 6.07) is 8.34. The molecule has 0 aromatic heterocycles. The van der Waals surface area contributed by atoms with Crippen LogP contribution in [0.1, 0.15) is 30.9 Å². The SMILES string of the molecule is CC1CCN(Cc2ccccc2C=NN)CC1. The van der Waals surface area contributed by atoms with E-state index in [-0.39, 0.29) is 0 Å². The Morgan fingerprint density at radius 1 is 1.35 bits per heavy atom. The minimum atomic E-state index is 0.882. The third-order valence-electron chi connectivity index (χ3n) is 3.54. The molecule has 0 bridgehead atoms. The van der Waals surface area contributed by atoms with Crippen LogP contribution in [0, 0.1) is 5.92 Å². The molecule has 1 aliphatic rings. The molecule has 2 N–H and O–H groups in total. The van der Waals surface area contributed by atoms with E-state index in [1.807, 2.05) is 6.07 Å². The van der Waals surface area contributed by atoms with Gasteiger partial charge in [-0.15, -0.1) is 0 Å². The molecule has 1 fully saturated rings. The van der Waals surface area contributed by atoms with Gasteiger partial charge in [0.15, 0.2) is 0 Å². The normalized spacial score (nSPS) is 18.9. The van der Waals surface area contributed by atoms with Crippen LogP contribution in [0.25, 0.3) is 0 Å². The average molecular weight is 231 g/mol. The molecule has 92 valence electrons. The molecule has 0 unspecified atom stereocenters. The average Bonchev–Trinajstić information content (AvgIpc) is 2.35. The summed E-state index contributed by atoms with van der Waals surface area (Å²) in [5.41, 5.74) is 2.45. The number of piperidine rings is 1. The number of hydrazone groups is 1. The Morgan fingerprint density at radius 2 is 2.06 bits per heavy atom. The van der Waals surface area contributed by atoms with Crippen LogP contribution in [-0.4, -0.2) is 24.2 Å². The minimum Gasteiger partial charge on any atom is -0.323 e. The third-order valence-corrected chi connectivity index (χ3v) is 3.54. The summed E-state index contributed by atoms with van der Waals surface area (Å²) in [5.74, 6) is 6.12. The van der Waals surface area contributed by atoms with Crippen LogP contribution in [0.15, 0.2) is 29.4 Å². The largest absolute Gasteiger partial charge is 0.323 e. The third kappa shape index (κ3) is 3.30. The topological polar surface area (TPSA) is 41.6 Å². The fraction of sp³-hybridized carbons (Fsp3) is 0.500. The first kappa shape index (κ1) is 12.1. The molecule has 3 heteroatoms. The van der Waals surface area contributed by atoms with Gasteiger partial charge in [-0.3, -0.25) is 4.90 Å². The maximum Gasteiger partial charge on any atom is 0.0541 e. The van der Waals surface area contributed by atoms with E-state index < -0.39 is 0 Å². The number of hydrogen-bond donors (Lipinski definition) is 1. The van der Waals surface area contributed by atoms with E-state index in [9.17, 15) is 0 Å². The molecular weight excluding hydrogens is 210 g/mol. The maximum atomic E-state index is 5.24. The van der Waals surface area contributed by atoms with Crippen LogP contribution in [0.2, 0.25) is 0 Å². The van der Waals surface area contributed by atoms with Crippen LogP contribution in [0.4, 0.5) is 0 Å². The van der Waals surface area contributed by atoms with E-state index in [1.165, 1.54) is 31.5 Å². The van der Waals surface area contributed by atoms with Gasteiger partial charge in [0.05, 0.1) is 6.21 Å². The molecule has 0 radical (unpaired) electrons. The quantitative estimate of drug-likeness (QED) is 0.492. The van der Waals surface area contributed by atoms with Crippen LogP contribution in [0.3, 0.4) is 0 Å². The van der Waals surface area contributed by atoms with Crippen molar-refractivity contribution in [3.63, 3.8) is 0 Å². The highest BCUT2D eigenvalue weighted by atomic mass is 15.1. The summed E-state index contributed by atoms with van der Waals surface area (Å²) in [6.07, 6.45) is 4.36. The second-order valence-corrected chi connectivity index (χ2v) is 4.94. The first-order valence-corrected chi connectivity index (χ1v) is 6.33. The van der Waals surface area contributed by atoms with Gasteiger partial charge in [0.25, 0.3) is 0 Å². The van der Waals surface area contributed by atoms with Crippen molar-refractivity contribution in [3.05, 3.63) is 35.4 Å². The maximum absolute atomic E-state index is 5.24. The highest BCUT2D eigenvalue weighted by Crippen LogP contribution is 2.19. The number of nitrogens with zero attached hydrogens (tertiary/aromatic N) is 2. The Morgan fingerprint density at radius 3 is 2.76 bits per heavy atom. The Kier molecular flexibility index (Phi) is 4.15. The molecule has 17 heavy (non-hydrogen) atoms. The van der Waals surface area contributed by atoms with Gasteiger partial charge in [-0.25, -0.2) is 0 Å². The lowest BCUT2D eigenvalue weighted by atomic mass is 9.98. The number of likely N-dealkylation sites (tertiary alicyclic amines) is 1. The summed E-state index contributed by atoms with van der Waals surface area (Å²) >= 11 is 0. The van der Waals surface area contributed by atoms with E-state index in [4.69, 9.17) is 5.84 Å². The fourth-order valence-electron chi connectivity index (χ4n) is 2.35. The lowest BCUT2D eigenvalue weighted by molar-refractivity contribution is 0.185. The molecule has 0 amide bonds. The van der Waals surface area contributed by atoms with E-state index in [2.05, 4.69) is 35.1 Å². The number of rotatable bonds is 3. The van der Waals surface area contributed by atoms with Gasteiger partial charge in [-0.2, -0.15) is 5.10 Å². The Hall–Kier alpha value is -1.35. The molecule has 1 saturated heterocycles. The van der Waals surface area contributed by atoms with E-state index in [0.717, 1.165) is 18.0 Å². The zero-order chi connectivity index (χ0) is 12.1. The summed E-state index contributed by atoms with van der Waals surface area (Å²) < 4.78 is 0. The van der Waals surface area contributed by atoms with Crippen molar-refractivity contribution in [1.29, 1.82) is 0 Å². The van der Waals surface area contributed by atoms with Crippen molar-refractivity contribution in [2.24, 2.45) is 16.9 Å². The molecule has 0 aliphatic carbocycles. The number of nitrogens with two attached hydrogens (primary N) is 1. The van der Waals surface area contributed by atoms with Gasteiger partial charge in [0.2, 0.25) is 0 Å². The molecule has 3 nitrogen and oxygen atoms in total.